The van der Waals surface area contributed by atoms with Gasteiger partial charge in [0.1, 0.15) is 6.54 Å². The first-order valence-electron chi connectivity index (χ1n) is 8.39. The molecule has 0 spiro atoms. The summed E-state index contributed by atoms with van der Waals surface area (Å²) in [5, 5.41) is 5.25. The van der Waals surface area contributed by atoms with Crippen LogP contribution in [0.5, 0.6) is 0 Å². The monoisotopic (exact) mass is 378 g/mol. The average molecular weight is 378 g/mol. The number of hydrogen-bond donors (Lipinski definition) is 2. The molecule has 27 heavy (non-hydrogen) atoms. The van der Waals surface area contributed by atoms with Crippen LogP contribution in [0.3, 0.4) is 0 Å². The second kappa shape index (κ2) is 9.61. The number of carbonyl (C=O) groups excluding carboxylic acids is 1. The van der Waals surface area contributed by atoms with Crippen molar-refractivity contribution in [2.24, 2.45) is 4.99 Å². The van der Waals surface area contributed by atoms with E-state index in [-0.39, 0.29) is 6.54 Å². The highest BCUT2D eigenvalue weighted by Gasteiger charge is 2.15. The normalized spacial score (nSPS) is 11.2. The molecule has 0 aliphatic rings. The maximum absolute atomic E-state index is 13.6. The molecule has 0 radical (unpaired) electrons. The Morgan fingerprint density at radius 1 is 1.07 bits per heavy atom. The van der Waals surface area contributed by atoms with Crippen LogP contribution in [0.15, 0.2) is 47.5 Å². The Bertz CT molecular complexity index is 812. The first-order valence-corrected chi connectivity index (χ1v) is 8.39. The molecule has 0 saturated carbocycles. The summed E-state index contributed by atoms with van der Waals surface area (Å²) in [5.74, 6) is -4.56. The van der Waals surface area contributed by atoms with E-state index in [4.69, 9.17) is 0 Å². The summed E-state index contributed by atoms with van der Waals surface area (Å²) < 4.78 is 39.8. The summed E-state index contributed by atoms with van der Waals surface area (Å²) in [6, 6.07) is 11.4. The Morgan fingerprint density at radius 2 is 1.78 bits per heavy atom. The fourth-order valence-corrected chi connectivity index (χ4v) is 2.36. The highest BCUT2D eigenvalue weighted by atomic mass is 19.2. The second-order valence-electron chi connectivity index (χ2n) is 5.78. The van der Waals surface area contributed by atoms with E-state index in [1.807, 2.05) is 49.2 Å². The van der Waals surface area contributed by atoms with Crippen molar-refractivity contribution < 1.29 is 18.0 Å². The van der Waals surface area contributed by atoms with Crippen molar-refractivity contribution in [3.63, 3.8) is 0 Å². The fourth-order valence-electron chi connectivity index (χ4n) is 2.36. The van der Waals surface area contributed by atoms with Gasteiger partial charge in [-0.3, -0.25) is 4.79 Å². The molecule has 0 aromatic heterocycles. The van der Waals surface area contributed by atoms with Crippen molar-refractivity contribution in [3.8, 4) is 0 Å². The predicted molar refractivity (Wildman–Crippen MR) is 98.8 cm³/mol. The van der Waals surface area contributed by atoms with Gasteiger partial charge in [0.2, 0.25) is 5.91 Å². The lowest BCUT2D eigenvalue weighted by Gasteiger charge is -2.22. The van der Waals surface area contributed by atoms with E-state index in [0.29, 0.717) is 19.0 Å². The van der Waals surface area contributed by atoms with Crippen LogP contribution in [-0.4, -0.2) is 36.9 Å². The van der Waals surface area contributed by atoms with E-state index >= 15 is 0 Å². The van der Waals surface area contributed by atoms with Crippen LogP contribution in [-0.2, 0) is 11.3 Å². The molecule has 0 heterocycles. The number of amides is 1. The van der Waals surface area contributed by atoms with E-state index in [1.54, 1.807) is 0 Å². The minimum absolute atomic E-state index is 0.306. The molecule has 5 nitrogen and oxygen atoms in total. The smallest absolute Gasteiger partial charge is 0.246 e. The third-order valence-electron chi connectivity index (χ3n) is 3.64. The zero-order chi connectivity index (χ0) is 19.8. The molecule has 144 valence electrons. The molecule has 8 heteroatoms. The fraction of sp³-hybridized carbons (Fsp3) is 0.263. The highest BCUT2D eigenvalue weighted by Crippen LogP contribution is 2.19. The molecular weight excluding hydrogens is 357 g/mol. The lowest BCUT2D eigenvalue weighted by molar-refractivity contribution is -0.114. The Balaban J connectivity index is 2.03. The molecule has 2 rings (SSSR count). The molecule has 2 N–H and O–H groups in total. The molecule has 0 unspecified atom stereocenters. The molecule has 0 aliphatic heterocycles. The molecule has 0 saturated heterocycles. The molecule has 0 bridgehead atoms. The van der Waals surface area contributed by atoms with Gasteiger partial charge in [0.25, 0.3) is 0 Å². The Labute approximate surface area is 155 Å². The van der Waals surface area contributed by atoms with E-state index in [1.165, 1.54) is 0 Å². The third kappa shape index (κ3) is 5.73. The highest BCUT2D eigenvalue weighted by molar-refractivity contribution is 5.94. The summed E-state index contributed by atoms with van der Waals surface area (Å²) in [6.07, 6.45) is 0. The lowest BCUT2D eigenvalue weighted by atomic mass is 10.2. The van der Waals surface area contributed by atoms with Crippen LogP contribution < -0.4 is 10.6 Å². The number of carbonyl (C=O) groups is 1. The van der Waals surface area contributed by atoms with Gasteiger partial charge in [0, 0.05) is 20.1 Å². The van der Waals surface area contributed by atoms with E-state index in [0.717, 1.165) is 17.7 Å². The Hall–Kier alpha value is -3.03. The van der Waals surface area contributed by atoms with Gasteiger partial charge in [-0.2, -0.15) is 0 Å². The van der Waals surface area contributed by atoms with Gasteiger partial charge < -0.3 is 15.5 Å². The Kier molecular flexibility index (Phi) is 7.22. The van der Waals surface area contributed by atoms with Gasteiger partial charge in [-0.15, -0.1) is 0 Å². The maximum atomic E-state index is 13.6. The number of aliphatic imine (C=N–C) groups is 1. The minimum atomic E-state index is -1.63. The van der Waals surface area contributed by atoms with E-state index in [2.05, 4.69) is 15.6 Å². The van der Waals surface area contributed by atoms with Crippen LogP contribution >= 0.6 is 0 Å². The first-order chi connectivity index (χ1) is 12.9. The summed E-state index contributed by atoms with van der Waals surface area (Å²) in [4.78, 5) is 18.0. The molecule has 2 aromatic carbocycles. The van der Waals surface area contributed by atoms with Crippen molar-refractivity contribution >= 4 is 17.6 Å². The number of nitrogens with zero attached hydrogens (tertiary/aromatic N) is 2. The van der Waals surface area contributed by atoms with Gasteiger partial charge in [-0.1, -0.05) is 30.3 Å². The van der Waals surface area contributed by atoms with Gasteiger partial charge in [-0.05, 0) is 24.6 Å². The van der Waals surface area contributed by atoms with Crippen LogP contribution in [0, 0.1) is 17.5 Å². The quantitative estimate of drug-likeness (QED) is 0.461. The van der Waals surface area contributed by atoms with Crippen LogP contribution in [0.2, 0.25) is 0 Å². The van der Waals surface area contributed by atoms with Gasteiger partial charge >= 0.3 is 0 Å². The zero-order valence-electron chi connectivity index (χ0n) is 15.1. The standard InChI is InChI=1S/C19H21F3N4O/c1-3-23-19(26(2)12-13-7-5-4-6-8-13)24-11-16(27)25-15-10-9-14(20)17(21)18(15)22/h4-10H,3,11-12H2,1-2H3,(H,23,24)(H,25,27). The van der Waals surface area contributed by atoms with Crippen LogP contribution in [0.25, 0.3) is 0 Å². The number of guanidine groups is 1. The topological polar surface area (TPSA) is 56.7 Å². The van der Waals surface area contributed by atoms with Crippen LogP contribution in [0.1, 0.15) is 12.5 Å². The summed E-state index contributed by atoms with van der Waals surface area (Å²) in [7, 11) is 1.82. The molecular formula is C19H21F3N4O. The number of nitrogens with one attached hydrogen (secondary N) is 2. The number of anilines is 1. The zero-order valence-corrected chi connectivity index (χ0v) is 15.1. The van der Waals surface area contributed by atoms with Gasteiger partial charge in [0.05, 0.1) is 5.69 Å². The molecule has 0 fully saturated rings. The van der Waals surface area contributed by atoms with Crippen LogP contribution in [0.4, 0.5) is 18.9 Å². The average Bonchev–Trinajstić information content (AvgIpc) is 2.66. The van der Waals surface area contributed by atoms with Crippen molar-refractivity contribution in [2.75, 3.05) is 25.5 Å². The maximum Gasteiger partial charge on any atom is 0.246 e. The predicted octanol–water partition coefficient (Wildman–Crippen LogP) is 3.14. The minimum Gasteiger partial charge on any atom is -0.357 e. The molecule has 1 amide bonds. The third-order valence-corrected chi connectivity index (χ3v) is 3.64. The van der Waals surface area contributed by atoms with E-state index < -0.39 is 29.0 Å². The number of benzene rings is 2. The largest absolute Gasteiger partial charge is 0.357 e. The summed E-state index contributed by atoms with van der Waals surface area (Å²) in [5.41, 5.74) is 0.635. The lowest BCUT2D eigenvalue weighted by Crippen LogP contribution is -2.39. The van der Waals surface area contributed by atoms with Gasteiger partial charge in [0.15, 0.2) is 23.4 Å². The number of rotatable bonds is 6. The second-order valence-corrected chi connectivity index (χ2v) is 5.78. The summed E-state index contributed by atoms with van der Waals surface area (Å²) in [6.45, 7) is 2.76. The van der Waals surface area contributed by atoms with Crippen molar-refractivity contribution in [1.82, 2.24) is 10.2 Å². The molecule has 2 aromatic rings. The SMILES string of the molecule is CCNC(=NCC(=O)Nc1ccc(F)c(F)c1F)N(C)Cc1ccccc1. The summed E-state index contributed by atoms with van der Waals surface area (Å²) >= 11 is 0. The molecule has 0 atom stereocenters. The number of hydrogen-bond acceptors (Lipinski definition) is 2. The number of halogens is 3. The van der Waals surface area contributed by atoms with Gasteiger partial charge in [-0.25, -0.2) is 18.2 Å². The first kappa shape index (κ1) is 20.3. The molecule has 0 aliphatic carbocycles. The van der Waals surface area contributed by atoms with E-state index in [9.17, 15) is 18.0 Å². The van der Waals surface area contributed by atoms with Crippen molar-refractivity contribution in [3.05, 3.63) is 65.5 Å². The van der Waals surface area contributed by atoms with Crippen molar-refractivity contribution in [1.29, 1.82) is 0 Å². The van der Waals surface area contributed by atoms with Crippen molar-refractivity contribution in [2.45, 2.75) is 13.5 Å². The Morgan fingerprint density at radius 3 is 2.44 bits per heavy atom.